The average molecular weight is 493 g/mol. The molecule has 1 saturated carbocycles. The van der Waals surface area contributed by atoms with Crippen molar-refractivity contribution in [2.75, 3.05) is 13.1 Å². The van der Waals surface area contributed by atoms with Gasteiger partial charge < -0.3 is 14.5 Å². The maximum Gasteiger partial charge on any atom is 0.264 e. The van der Waals surface area contributed by atoms with E-state index in [1.165, 1.54) is 12.1 Å². The molecule has 2 amide bonds. The first-order valence-corrected chi connectivity index (χ1v) is 13.2. The molecular formula is C30H37FN2O3. The van der Waals surface area contributed by atoms with Crippen LogP contribution in [0.25, 0.3) is 0 Å². The van der Waals surface area contributed by atoms with E-state index in [1.54, 1.807) is 18.2 Å². The van der Waals surface area contributed by atoms with Gasteiger partial charge in [0.25, 0.3) is 5.91 Å². The minimum absolute atomic E-state index is 0.0000995. The SMILES string of the molecule is C=CCN(C(=O)C(CC)Oc1ccc2c(c1)C(c1ccc(F)cc1)N(C(=O)CC)CC2)C1CCCC1. The Morgan fingerprint density at radius 3 is 2.53 bits per heavy atom. The number of halogens is 1. The summed E-state index contributed by atoms with van der Waals surface area (Å²) < 4.78 is 20.0. The molecule has 1 heterocycles. The van der Waals surface area contributed by atoms with Crippen molar-refractivity contribution in [3.05, 3.63) is 77.6 Å². The topological polar surface area (TPSA) is 49.9 Å². The van der Waals surface area contributed by atoms with Gasteiger partial charge in [-0.05, 0) is 66.6 Å². The first kappa shape index (κ1) is 25.9. The van der Waals surface area contributed by atoms with Crippen LogP contribution in [0.5, 0.6) is 5.75 Å². The Morgan fingerprint density at radius 2 is 1.89 bits per heavy atom. The summed E-state index contributed by atoms with van der Waals surface area (Å²) in [5.74, 6) is 0.354. The number of hydrogen-bond acceptors (Lipinski definition) is 3. The quantitative estimate of drug-likeness (QED) is 0.414. The van der Waals surface area contributed by atoms with E-state index < -0.39 is 6.10 Å². The van der Waals surface area contributed by atoms with Crippen LogP contribution in [0.1, 0.15) is 75.1 Å². The van der Waals surface area contributed by atoms with Crippen molar-refractivity contribution >= 4 is 11.8 Å². The number of carbonyl (C=O) groups excluding carboxylic acids is 2. The van der Waals surface area contributed by atoms with E-state index in [1.807, 2.05) is 41.8 Å². The van der Waals surface area contributed by atoms with Crippen molar-refractivity contribution in [3.63, 3.8) is 0 Å². The van der Waals surface area contributed by atoms with Crippen LogP contribution in [0.4, 0.5) is 4.39 Å². The van der Waals surface area contributed by atoms with Crippen molar-refractivity contribution < 1.29 is 18.7 Å². The number of benzene rings is 2. The number of hydrogen-bond donors (Lipinski definition) is 0. The third kappa shape index (κ3) is 5.48. The molecule has 0 bridgehead atoms. The van der Waals surface area contributed by atoms with E-state index in [2.05, 4.69) is 6.58 Å². The Balaban J connectivity index is 1.64. The summed E-state index contributed by atoms with van der Waals surface area (Å²) >= 11 is 0. The van der Waals surface area contributed by atoms with Crippen LogP contribution >= 0.6 is 0 Å². The zero-order chi connectivity index (χ0) is 25.7. The lowest BCUT2D eigenvalue weighted by Crippen LogP contribution is -2.46. The first-order chi connectivity index (χ1) is 17.5. The summed E-state index contributed by atoms with van der Waals surface area (Å²) in [6.45, 7) is 8.80. The van der Waals surface area contributed by atoms with Gasteiger partial charge in [0.05, 0.1) is 6.04 Å². The minimum Gasteiger partial charge on any atom is -0.481 e. The number of fused-ring (bicyclic) bond motifs is 1. The molecule has 0 radical (unpaired) electrons. The van der Waals surface area contributed by atoms with Gasteiger partial charge in [0.15, 0.2) is 6.10 Å². The van der Waals surface area contributed by atoms with Crippen molar-refractivity contribution in [2.45, 2.75) is 77.0 Å². The van der Waals surface area contributed by atoms with Gasteiger partial charge in [0.2, 0.25) is 5.91 Å². The summed E-state index contributed by atoms with van der Waals surface area (Å²) in [4.78, 5) is 30.2. The van der Waals surface area contributed by atoms with Crippen LogP contribution in [0, 0.1) is 5.82 Å². The molecule has 2 aromatic carbocycles. The number of carbonyl (C=O) groups is 2. The Morgan fingerprint density at radius 1 is 1.17 bits per heavy atom. The molecule has 5 nitrogen and oxygen atoms in total. The lowest BCUT2D eigenvalue weighted by Gasteiger charge is -2.38. The highest BCUT2D eigenvalue weighted by molar-refractivity contribution is 5.82. The highest BCUT2D eigenvalue weighted by atomic mass is 19.1. The Hall–Kier alpha value is -3.15. The molecule has 0 saturated heterocycles. The van der Waals surface area contributed by atoms with Crippen molar-refractivity contribution in [2.24, 2.45) is 0 Å². The van der Waals surface area contributed by atoms with Gasteiger partial charge in [-0.15, -0.1) is 6.58 Å². The summed E-state index contributed by atoms with van der Waals surface area (Å²) in [5.41, 5.74) is 2.96. The minimum atomic E-state index is -0.593. The van der Waals surface area contributed by atoms with E-state index in [4.69, 9.17) is 4.74 Å². The second-order valence-electron chi connectivity index (χ2n) is 9.74. The molecule has 6 heteroatoms. The van der Waals surface area contributed by atoms with Crippen LogP contribution in [0.2, 0.25) is 0 Å². The molecule has 36 heavy (non-hydrogen) atoms. The Bertz CT molecular complexity index is 1080. The predicted octanol–water partition coefficient (Wildman–Crippen LogP) is 5.82. The maximum atomic E-state index is 13.7. The molecule has 4 rings (SSSR count). The van der Waals surface area contributed by atoms with E-state index in [0.29, 0.717) is 31.7 Å². The van der Waals surface area contributed by atoms with Gasteiger partial charge in [0.1, 0.15) is 11.6 Å². The molecule has 1 fully saturated rings. The van der Waals surface area contributed by atoms with Crippen LogP contribution < -0.4 is 4.74 Å². The van der Waals surface area contributed by atoms with Gasteiger partial charge in [-0.2, -0.15) is 0 Å². The highest BCUT2D eigenvalue weighted by Crippen LogP contribution is 2.38. The first-order valence-electron chi connectivity index (χ1n) is 13.2. The highest BCUT2D eigenvalue weighted by Gasteiger charge is 2.34. The third-order valence-electron chi connectivity index (χ3n) is 7.45. The lowest BCUT2D eigenvalue weighted by atomic mass is 9.87. The molecule has 192 valence electrons. The van der Waals surface area contributed by atoms with Crippen LogP contribution in [0.3, 0.4) is 0 Å². The Labute approximate surface area is 213 Å². The zero-order valence-electron chi connectivity index (χ0n) is 21.4. The second-order valence-corrected chi connectivity index (χ2v) is 9.74. The molecule has 2 aromatic rings. The fourth-order valence-corrected chi connectivity index (χ4v) is 5.57. The average Bonchev–Trinajstić information content (AvgIpc) is 3.44. The predicted molar refractivity (Wildman–Crippen MR) is 139 cm³/mol. The zero-order valence-corrected chi connectivity index (χ0v) is 21.4. The van der Waals surface area contributed by atoms with Crippen molar-refractivity contribution in [1.82, 2.24) is 9.80 Å². The number of rotatable bonds is 9. The van der Waals surface area contributed by atoms with E-state index in [-0.39, 0.29) is 29.7 Å². The standard InChI is InChI=1S/C30H37FN2O3/c1-4-18-32(24-9-7-8-10-24)30(35)27(5-2)36-25-16-13-21-17-19-33(28(34)6-3)29(26(21)20-25)22-11-14-23(31)15-12-22/h4,11-16,20,24,27,29H,1,5-10,17-19H2,2-3H3. The van der Waals surface area contributed by atoms with E-state index in [9.17, 15) is 14.0 Å². The monoisotopic (exact) mass is 492 g/mol. The fourth-order valence-electron chi connectivity index (χ4n) is 5.57. The molecule has 0 spiro atoms. The van der Waals surface area contributed by atoms with Gasteiger partial charge >= 0.3 is 0 Å². The molecule has 0 N–H and O–H groups in total. The third-order valence-corrected chi connectivity index (χ3v) is 7.45. The molecule has 2 atom stereocenters. The summed E-state index contributed by atoms with van der Waals surface area (Å²) in [6.07, 6.45) is 7.22. The maximum absolute atomic E-state index is 13.7. The normalized spacial score (nSPS) is 18.4. The molecule has 2 aliphatic rings. The van der Waals surface area contributed by atoms with E-state index >= 15 is 0 Å². The molecule has 1 aliphatic heterocycles. The lowest BCUT2D eigenvalue weighted by molar-refractivity contribution is -0.140. The summed E-state index contributed by atoms with van der Waals surface area (Å²) in [6, 6.07) is 12.2. The summed E-state index contributed by atoms with van der Waals surface area (Å²) in [7, 11) is 0. The molecule has 0 aromatic heterocycles. The Kier molecular flexibility index (Phi) is 8.44. The molecule has 2 unspecified atom stereocenters. The smallest absolute Gasteiger partial charge is 0.264 e. The number of amides is 2. The summed E-state index contributed by atoms with van der Waals surface area (Å²) in [5, 5.41) is 0. The molecular weight excluding hydrogens is 455 g/mol. The van der Waals surface area contributed by atoms with Crippen molar-refractivity contribution in [1.29, 1.82) is 0 Å². The van der Waals surface area contributed by atoms with Gasteiger partial charge in [-0.25, -0.2) is 4.39 Å². The van der Waals surface area contributed by atoms with Gasteiger partial charge in [-0.1, -0.05) is 51.0 Å². The van der Waals surface area contributed by atoms with Gasteiger partial charge in [-0.3, -0.25) is 9.59 Å². The van der Waals surface area contributed by atoms with Gasteiger partial charge in [0, 0.05) is 25.6 Å². The molecule has 1 aliphatic carbocycles. The van der Waals surface area contributed by atoms with Crippen LogP contribution in [-0.2, 0) is 16.0 Å². The number of ether oxygens (including phenoxy) is 1. The largest absolute Gasteiger partial charge is 0.481 e. The fraction of sp³-hybridized carbons (Fsp3) is 0.467. The second kappa shape index (κ2) is 11.7. The van der Waals surface area contributed by atoms with E-state index in [0.717, 1.165) is 48.8 Å². The van der Waals surface area contributed by atoms with Crippen LogP contribution in [0.15, 0.2) is 55.1 Å². The number of nitrogens with zero attached hydrogens (tertiary/aromatic N) is 2. The van der Waals surface area contributed by atoms with Crippen LogP contribution in [-0.4, -0.2) is 46.8 Å². The van der Waals surface area contributed by atoms with Crippen molar-refractivity contribution in [3.8, 4) is 5.75 Å².